The lowest BCUT2D eigenvalue weighted by molar-refractivity contribution is 0.625. The third kappa shape index (κ3) is 5.51. The zero-order chi connectivity index (χ0) is 21.6. The van der Waals surface area contributed by atoms with Gasteiger partial charge in [-0.05, 0) is 52.3 Å². The molecule has 0 unspecified atom stereocenters. The zero-order valence-corrected chi connectivity index (χ0v) is 18.2. The second-order valence-corrected chi connectivity index (χ2v) is 8.27. The smallest absolute Gasteiger partial charge is 0.131 e. The van der Waals surface area contributed by atoms with Gasteiger partial charge in [-0.3, -0.25) is 0 Å². The van der Waals surface area contributed by atoms with Gasteiger partial charge in [0.25, 0.3) is 0 Å². The van der Waals surface area contributed by atoms with Crippen molar-refractivity contribution in [2.75, 3.05) is 0 Å². The highest BCUT2D eigenvalue weighted by Crippen LogP contribution is 2.25. The van der Waals surface area contributed by atoms with Gasteiger partial charge in [-0.1, -0.05) is 116 Å². The van der Waals surface area contributed by atoms with E-state index < -0.39 is 0 Å². The predicted octanol–water partition coefficient (Wildman–Crippen LogP) is 8.66. The van der Waals surface area contributed by atoms with Crippen molar-refractivity contribution in [3.05, 3.63) is 130 Å². The van der Waals surface area contributed by atoms with Gasteiger partial charge in [-0.15, -0.1) is 0 Å². The fraction of sp³-hybridized carbons (Fsp3) is 0.103. The minimum Gasteiger partial charge on any atom is -0.206 e. The zero-order valence-electron chi connectivity index (χ0n) is 17.4. The highest BCUT2D eigenvalue weighted by Gasteiger charge is 2.07. The van der Waals surface area contributed by atoms with E-state index in [1.807, 2.05) is 18.2 Å². The molecule has 0 spiro atoms. The second-order valence-electron chi connectivity index (χ2n) is 7.83. The Morgan fingerprint density at radius 1 is 0.774 bits per heavy atom. The summed E-state index contributed by atoms with van der Waals surface area (Å²) >= 11 is 5.81. The molecule has 4 aromatic rings. The van der Waals surface area contributed by atoms with Gasteiger partial charge in [0, 0.05) is 10.6 Å². The normalized spacial score (nSPS) is 12.2. The molecule has 2 heteroatoms. The molecule has 0 nitrogen and oxygen atoms in total. The summed E-state index contributed by atoms with van der Waals surface area (Å²) in [6.07, 6.45) is 4.70. The van der Waals surface area contributed by atoms with E-state index in [1.54, 1.807) is 18.2 Å². The van der Waals surface area contributed by atoms with E-state index in [4.69, 9.17) is 11.6 Å². The first-order valence-electron chi connectivity index (χ1n) is 10.5. The largest absolute Gasteiger partial charge is 0.206 e. The molecule has 0 N–H and O–H groups in total. The average Bonchev–Trinajstić information content (AvgIpc) is 2.80. The molecule has 0 saturated heterocycles. The van der Waals surface area contributed by atoms with Crippen LogP contribution in [-0.2, 0) is 6.42 Å². The van der Waals surface area contributed by atoms with Gasteiger partial charge in [-0.25, -0.2) is 4.39 Å². The number of hydrogen-bond donors (Lipinski definition) is 0. The average molecular weight is 427 g/mol. The lowest BCUT2D eigenvalue weighted by atomic mass is 9.93. The van der Waals surface area contributed by atoms with Gasteiger partial charge in [-0.2, -0.15) is 0 Å². The van der Waals surface area contributed by atoms with Crippen molar-refractivity contribution < 1.29 is 4.39 Å². The minimum absolute atomic E-state index is 0.318. The van der Waals surface area contributed by atoms with E-state index in [0.717, 1.165) is 17.5 Å². The summed E-state index contributed by atoms with van der Waals surface area (Å²) in [5.74, 6) is 0.172. The topological polar surface area (TPSA) is 0 Å². The molecule has 154 valence electrons. The molecule has 0 amide bonds. The summed E-state index contributed by atoms with van der Waals surface area (Å²) in [7, 11) is 0. The monoisotopic (exact) mass is 426 g/mol. The second kappa shape index (κ2) is 9.76. The quantitative estimate of drug-likeness (QED) is 0.270. The number of rotatable bonds is 6. The molecule has 1 atom stereocenters. The fourth-order valence-corrected chi connectivity index (χ4v) is 3.85. The van der Waals surface area contributed by atoms with Crippen molar-refractivity contribution in [3.63, 3.8) is 0 Å². The highest BCUT2D eigenvalue weighted by molar-refractivity contribution is 6.30. The van der Waals surface area contributed by atoms with Crippen molar-refractivity contribution in [2.24, 2.45) is 0 Å². The SMILES string of the molecule is C[C@@H](Cc1ccc(-c2ccc(C=Cc3ccc(Cl)cc3F)cc2)cc1)c1ccccc1. The Bertz CT molecular complexity index is 1160. The van der Waals surface area contributed by atoms with Crippen molar-refractivity contribution in [3.8, 4) is 11.1 Å². The van der Waals surface area contributed by atoms with Crippen molar-refractivity contribution in [2.45, 2.75) is 19.3 Å². The third-order valence-electron chi connectivity index (χ3n) is 5.53. The van der Waals surface area contributed by atoms with E-state index in [0.29, 0.717) is 16.5 Å². The van der Waals surface area contributed by atoms with E-state index in [1.165, 1.54) is 22.8 Å². The lowest BCUT2D eigenvalue weighted by Crippen LogP contribution is -1.98. The Hall–Kier alpha value is -3.16. The Morgan fingerprint density at radius 3 is 2.06 bits per heavy atom. The minimum atomic E-state index is -0.318. The van der Waals surface area contributed by atoms with Gasteiger partial charge in [0.1, 0.15) is 5.82 Å². The van der Waals surface area contributed by atoms with Crippen LogP contribution in [-0.4, -0.2) is 0 Å². The first-order valence-corrected chi connectivity index (χ1v) is 10.8. The molecule has 4 aromatic carbocycles. The van der Waals surface area contributed by atoms with Crippen LogP contribution in [0, 0.1) is 5.82 Å². The summed E-state index contributed by atoms with van der Waals surface area (Å²) in [6, 6.07) is 32.4. The Morgan fingerprint density at radius 2 is 1.42 bits per heavy atom. The Kier molecular flexibility index (Phi) is 6.64. The summed E-state index contributed by atoms with van der Waals surface area (Å²) in [6.45, 7) is 2.27. The maximum absolute atomic E-state index is 13.9. The lowest BCUT2D eigenvalue weighted by Gasteiger charge is -2.12. The first kappa shape index (κ1) is 21.1. The summed E-state index contributed by atoms with van der Waals surface area (Å²) in [5, 5.41) is 0.402. The standard InChI is InChI=1S/C29H24ClF/c1-21(24-5-3-2-4-6-24)19-23-10-14-26(15-11-23)25-12-7-22(8-13-25)9-16-27-17-18-28(30)20-29(27)31/h2-18,20-21H,19H2,1H3/t21-/m0/s1. The molecule has 0 saturated carbocycles. The molecule has 0 heterocycles. The summed E-state index contributed by atoms with van der Waals surface area (Å²) in [5.41, 5.74) is 6.60. The Labute approximate surface area is 188 Å². The van der Waals surface area contributed by atoms with Crippen LogP contribution in [0.25, 0.3) is 23.3 Å². The molecule has 0 radical (unpaired) electrons. The van der Waals surface area contributed by atoms with Gasteiger partial charge < -0.3 is 0 Å². The maximum Gasteiger partial charge on any atom is 0.131 e. The van der Waals surface area contributed by atoms with Crippen LogP contribution in [0.15, 0.2) is 97.1 Å². The molecule has 0 aliphatic rings. The van der Waals surface area contributed by atoms with E-state index >= 15 is 0 Å². The van der Waals surface area contributed by atoms with Gasteiger partial charge >= 0.3 is 0 Å². The molecule has 0 aromatic heterocycles. The summed E-state index contributed by atoms with van der Waals surface area (Å²) in [4.78, 5) is 0. The van der Waals surface area contributed by atoms with Crippen LogP contribution in [0.4, 0.5) is 4.39 Å². The third-order valence-corrected chi connectivity index (χ3v) is 5.76. The van der Waals surface area contributed by atoms with Crippen LogP contribution in [0.3, 0.4) is 0 Å². The number of benzene rings is 4. The highest BCUT2D eigenvalue weighted by atomic mass is 35.5. The van der Waals surface area contributed by atoms with Crippen LogP contribution in [0.2, 0.25) is 5.02 Å². The summed E-state index contributed by atoms with van der Waals surface area (Å²) < 4.78 is 13.9. The van der Waals surface area contributed by atoms with Crippen molar-refractivity contribution >= 4 is 23.8 Å². The van der Waals surface area contributed by atoms with Gasteiger partial charge in [0.15, 0.2) is 0 Å². The maximum atomic E-state index is 13.9. The van der Waals surface area contributed by atoms with Gasteiger partial charge in [0.05, 0.1) is 0 Å². The molecular weight excluding hydrogens is 403 g/mol. The molecule has 0 aliphatic heterocycles. The molecular formula is C29H24ClF. The molecule has 0 bridgehead atoms. The predicted molar refractivity (Wildman–Crippen MR) is 131 cm³/mol. The van der Waals surface area contributed by atoms with Crippen LogP contribution in [0.1, 0.15) is 35.1 Å². The van der Waals surface area contributed by atoms with Crippen molar-refractivity contribution in [1.82, 2.24) is 0 Å². The van der Waals surface area contributed by atoms with Crippen LogP contribution < -0.4 is 0 Å². The van der Waals surface area contributed by atoms with Crippen LogP contribution >= 0.6 is 11.6 Å². The Balaban J connectivity index is 1.42. The number of halogens is 2. The number of hydrogen-bond acceptors (Lipinski definition) is 0. The van der Waals surface area contributed by atoms with E-state index in [-0.39, 0.29) is 5.82 Å². The molecule has 0 aliphatic carbocycles. The van der Waals surface area contributed by atoms with E-state index in [9.17, 15) is 4.39 Å². The van der Waals surface area contributed by atoms with Crippen molar-refractivity contribution in [1.29, 1.82) is 0 Å². The van der Waals surface area contributed by atoms with E-state index in [2.05, 4.69) is 73.7 Å². The van der Waals surface area contributed by atoms with Crippen LogP contribution in [0.5, 0.6) is 0 Å². The molecule has 0 fully saturated rings. The first-order chi connectivity index (χ1) is 15.1. The fourth-order valence-electron chi connectivity index (χ4n) is 3.70. The molecule has 31 heavy (non-hydrogen) atoms. The van der Waals surface area contributed by atoms with Gasteiger partial charge in [0.2, 0.25) is 0 Å². The molecule has 4 rings (SSSR count).